The molecule has 0 aromatic heterocycles. The minimum Gasteiger partial charge on any atom is -0.342 e. The summed E-state index contributed by atoms with van der Waals surface area (Å²) in [6, 6.07) is 9.85. The third kappa shape index (κ3) is 4.68. The number of carbonyl (C=O) groups is 2. The fourth-order valence-electron chi connectivity index (χ4n) is 4.33. The van der Waals surface area contributed by atoms with Gasteiger partial charge in [-0.1, -0.05) is 49.6 Å². The van der Waals surface area contributed by atoms with Crippen LogP contribution in [0.25, 0.3) is 0 Å². The van der Waals surface area contributed by atoms with Crippen molar-refractivity contribution >= 4 is 11.7 Å². The van der Waals surface area contributed by atoms with E-state index in [0.29, 0.717) is 25.7 Å². The lowest BCUT2D eigenvalue weighted by atomic mass is 9.75. The zero-order valence-electron chi connectivity index (χ0n) is 14.6. The highest BCUT2D eigenvalue weighted by Gasteiger charge is 2.32. The van der Waals surface area contributed by atoms with E-state index in [-0.39, 0.29) is 11.7 Å². The minimum absolute atomic E-state index is 0.236. The van der Waals surface area contributed by atoms with Gasteiger partial charge in [-0.2, -0.15) is 0 Å². The molecule has 3 rings (SSSR count). The van der Waals surface area contributed by atoms with Crippen LogP contribution in [0.3, 0.4) is 0 Å². The summed E-state index contributed by atoms with van der Waals surface area (Å²) in [5.41, 5.74) is 1.06. The number of carbonyl (C=O) groups excluding carboxylic acids is 2. The number of ketones is 1. The molecule has 0 N–H and O–H groups in total. The van der Waals surface area contributed by atoms with E-state index in [4.69, 9.17) is 0 Å². The van der Waals surface area contributed by atoms with Crippen molar-refractivity contribution in [3.05, 3.63) is 35.9 Å². The summed E-state index contributed by atoms with van der Waals surface area (Å²) in [7, 11) is 0. The smallest absolute Gasteiger partial charge is 0.222 e. The van der Waals surface area contributed by atoms with Gasteiger partial charge < -0.3 is 4.90 Å². The first-order valence-corrected chi connectivity index (χ1v) is 9.56. The maximum Gasteiger partial charge on any atom is 0.222 e. The van der Waals surface area contributed by atoms with Crippen molar-refractivity contribution in [3.63, 3.8) is 0 Å². The highest BCUT2D eigenvalue weighted by atomic mass is 16.2. The van der Waals surface area contributed by atoms with E-state index in [1.165, 1.54) is 32.1 Å². The molecule has 0 radical (unpaired) electrons. The zero-order valence-corrected chi connectivity index (χ0v) is 14.6. The van der Waals surface area contributed by atoms with E-state index in [1.807, 2.05) is 30.3 Å². The van der Waals surface area contributed by atoms with Crippen LogP contribution in [0.5, 0.6) is 0 Å². The summed E-state index contributed by atoms with van der Waals surface area (Å²) in [6.07, 6.45) is 8.76. The molecule has 2 unspecified atom stereocenters. The van der Waals surface area contributed by atoms with E-state index < -0.39 is 0 Å². The molecular weight excluding hydrogens is 298 g/mol. The Bertz CT molecular complexity index is 554. The van der Waals surface area contributed by atoms with E-state index >= 15 is 0 Å². The predicted octanol–water partition coefficient (Wildman–Crippen LogP) is 4.01. The van der Waals surface area contributed by atoms with Gasteiger partial charge in [-0.25, -0.2) is 0 Å². The summed E-state index contributed by atoms with van der Waals surface area (Å²) in [6.45, 7) is 1.89. The highest BCUT2D eigenvalue weighted by molar-refractivity contribution is 5.82. The van der Waals surface area contributed by atoms with Crippen LogP contribution in [0.2, 0.25) is 0 Å². The Morgan fingerprint density at radius 1 is 0.958 bits per heavy atom. The summed E-state index contributed by atoms with van der Waals surface area (Å²) in [5.74, 6) is 2.08. The van der Waals surface area contributed by atoms with Gasteiger partial charge in [0.1, 0.15) is 5.78 Å². The molecule has 24 heavy (non-hydrogen) atoms. The number of Topliss-reactive ketones (excluding diaryl/α,β-unsaturated/α-hetero) is 1. The molecule has 1 aromatic rings. The second-order valence-electron chi connectivity index (χ2n) is 7.49. The quantitative estimate of drug-likeness (QED) is 0.792. The Morgan fingerprint density at radius 2 is 1.71 bits per heavy atom. The van der Waals surface area contributed by atoms with Gasteiger partial charge >= 0.3 is 0 Å². The Labute approximate surface area is 145 Å². The third-order valence-corrected chi connectivity index (χ3v) is 5.73. The first-order chi connectivity index (χ1) is 11.7. The standard InChI is InChI=1S/C21H29NO2/c23-20(15-17-7-2-1-3-8-17)11-6-12-21(24)22-14-13-18-9-4-5-10-19(18)16-22/h1-3,7-8,18-19H,4-6,9-16H2. The maximum atomic E-state index is 12.4. The van der Waals surface area contributed by atoms with E-state index in [2.05, 4.69) is 4.90 Å². The van der Waals surface area contributed by atoms with E-state index in [9.17, 15) is 9.59 Å². The van der Waals surface area contributed by atoms with Crippen LogP contribution in [-0.2, 0) is 16.0 Å². The van der Waals surface area contributed by atoms with Crippen molar-refractivity contribution in [3.8, 4) is 0 Å². The second-order valence-corrected chi connectivity index (χ2v) is 7.49. The lowest BCUT2D eigenvalue weighted by molar-refractivity contribution is -0.134. The predicted molar refractivity (Wildman–Crippen MR) is 95.6 cm³/mol. The van der Waals surface area contributed by atoms with Gasteiger partial charge in [0.05, 0.1) is 0 Å². The Balaban J connectivity index is 1.37. The molecule has 3 nitrogen and oxygen atoms in total. The van der Waals surface area contributed by atoms with Crippen LogP contribution in [-0.4, -0.2) is 29.7 Å². The number of likely N-dealkylation sites (tertiary alicyclic amines) is 1. The molecule has 0 spiro atoms. The molecule has 130 valence electrons. The van der Waals surface area contributed by atoms with Crippen LogP contribution in [0.15, 0.2) is 30.3 Å². The van der Waals surface area contributed by atoms with Crippen molar-refractivity contribution in [2.24, 2.45) is 11.8 Å². The number of benzene rings is 1. The van der Waals surface area contributed by atoms with Crippen molar-refractivity contribution in [2.45, 2.75) is 57.8 Å². The van der Waals surface area contributed by atoms with Crippen LogP contribution in [0, 0.1) is 11.8 Å². The number of fused-ring (bicyclic) bond motifs is 1. The van der Waals surface area contributed by atoms with Crippen molar-refractivity contribution in [1.82, 2.24) is 4.90 Å². The number of nitrogens with zero attached hydrogens (tertiary/aromatic N) is 1. The second kappa shape index (κ2) is 8.46. The van der Waals surface area contributed by atoms with Gasteiger partial charge in [0.15, 0.2) is 0 Å². The van der Waals surface area contributed by atoms with Crippen LogP contribution in [0.1, 0.15) is 56.9 Å². The van der Waals surface area contributed by atoms with Crippen LogP contribution in [0.4, 0.5) is 0 Å². The zero-order chi connectivity index (χ0) is 16.8. The molecule has 1 saturated carbocycles. The van der Waals surface area contributed by atoms with Gasteiger partial charge in [-0.15, -0.1) is 0 Å². The number of rotatable bonds is 6. The van der Waals surface area contributed by atoms with Crippen LogP contribution >= 0.6 is 0 Å². The molecule has 1 aliphatic heterocycles. The lowest BCUT2D eigenvalue weighted by Gasteiger charge is -2.41. The summed E-state index contributed by atoms with van der Waals surface area (Å²) in [5, 5.41) is 0. The maximum absolute atomic E-state index is 12.4. The molecule has 3 heteroatoms. The lowest BCUT2D eigenvalue weighted by Crippen LogP contribution is -2.44. The molecule has 2 atom stereocenters. The number of piperidine rings is 1. The van der Waals surface area contributed by atoms with Gasteiger partial charge in [-0.05, 0) is 36.7 Å². The first kappa shape index (κ1) is 17.2. The summed E-state index contributed by atoms with van der Waals surface area (Å²) >= 11 is 0. The molecule has 1 aromatic carbocycles. The SMILES string of the molecule is O=C(CCCC(=O)N1CCC2CCCCC2C1)Cc1ccccc1. The number of hydrogen-bond donors (Lipinski definition) is 0. The molecule has 1 heterocycles. The summed E-state index contributed by atoms with van der Waals surface area (Å²) in [4.78, 5) is 26.5. The Hall–Kier alpha value is -1.64. The highest BCUT2D eigenvalue weighted by Crippen LogP contribution is 2.36. The average Bonchev–Trinajstić information content (AvgIpc) is 2.62. The normalized spacial score (nSPS) is 23.6. The molecule has 1 amide bonds. The first-order valence-electron chi connectivity index (χ1n) is 9.56. The summed E-state index contributed by atoms with van der Waals surface area (Å²) < 4.78 is 0. The molecule has 1 saturated heterocycles. The van der Waals surface area contributed by atoms with Gasteiger partial charge in [0, 0.05) is 32.4 Å². The minimum atomic E-state index is 0.236. The van der Waals surface area contributed by atoms with E-state index in [1.54, 1.807) is 0 Å². The molecule has 2 aliphatic rings. The number of amides is 1. The Kier molecular flexibility index (Phi) is 6.06. The Morgan fingerprint density at radius 3 is 2.50 bits per heavy atom. The fourth-order valence-corrected chi connectivity index (χ4v) is 4.33. The van der Waals surface area contributed by atoms with Crippen molar-refractivity contribution < 1.29 is 9.59 Å². The monoisotopic (exact) mass is 327 g/mol. The average molecular weight is 327 g/mol. The molecule has 1 aliphatic carbocycles. The van der Waals surface area contributed by atoms with Crippen molar-refractivity contribution in [1.29, 1.82) is 0 Å². The van der Waals surface area contributed by atoms with Gasteiger partial charge in [0.2, 0.25) is 5.91 Å². The van der Waals surface area contributed by atoms with Gasteiger partial charge in [0.25, 0.3) is 0 Å². The molecule has 0 bridgehead atoms. The van der Waals surface area contributed by atoms with Gasteiger partial charge in [-0.3, -0.25) is 9.59 Å². The molecule has 2 fully saturated rings. The topological polar surface area (TPSA) is 37.4 Å². The number of hydrogen-bond acceptors (Lipinski definition) is 2. The third-order valence-electron chi connectivity index (χ3n) is 5.73. The van der Waals surface area contributed by atoms with Crippen LogP contribution < -0.4 is 0 Å². The van der Waals surface area contributed by atoms with Crippen molar-refractivity contribution in [2.75, 3.05) is 13.1 Å². The molecular formula is C21H29NO2. The van der Waals surface area contributed by atoms with E-state index in [0.717, 1.165) is 30.5 Å². The fraction of sp³-hybridized carbons (Fsp3) is 0.619. The largest absolute Gasteiger partial charge is 0.342 e.